The van der Waals surface area contributed by atoms with E-state index in [1.54, 1.807) is 24.3 Å². The molecule has 1 unspecified atom stereocenters. The molecule has 1 saturated heterocycles. The van der Waals surface area contributed by atoms with Crippen LogP contribution in [0, 0.1) is 0 Å². The van der Waals surface area contributed by atoms with Crippen molar-refractivity contribution in [2.75, 3.05) is 30.3 Å². The molecule has 1 fully saturated rings. The third-order valence-electron chi connectivity index (χ3n) is 4.24. The van der Waals surface area contributed by atoms with Gasteiger partial charge in [0.1, 0.15) is 0 Å². The van der Waals surface area contributed by atoms with Gasteiger partial charge in [-0.05, 0) is 59.1 Å². The van der Waals surface area contributed by atoms with Crippen molar-refractivity contribution in [1.82, 2.24) is 5.32 Å². The first kappa shape index (κ1) is 19.4. The van der Waals surface area contributed by atoms with Crippen molar-refractivity contribution in [2.24, 2.45) is 0 Å². The summed E-state index contributed by atoms with van der Waals surface area (Å²) in [6, 6.07) is 14.5. The smallest absolute Gasteiger partial charge is 0.251 e. The molecule has 2 aromatic rings. The van der Waals surface area contributed by atoms with Crippen LogP contribution in [0.15, 0.2) is 53.0 Å². The van der Waals surface area contributed by atoms with Gasteiger partial charge in [-0.15, -0.1) is 0 Å². The molecule has 0 spiro atoms. The Balaban J connectivity index is 1.51. The number of carbonyl (C=O) groups is 2. The predicted octanol–water partition coefficient (Wildman–Crippen LogP) is 3.41. The van der Waals surface area contributed by atoms with Crippen LogP contribution in [0.4, 0.5) is 11.4 Å². The van der Waals surface area contributed by atoms with Crippen LogP contribution >= 0.6 is 15.9 Å². The molecule has 7 heteroatoms. The lowest BCUT2D eigenvalue weighted by Gasteiger charge is -2.12. The van der Waals surface area contributed by atoms with Crippen LogP contribution in [0.25, 0.3) is 0 Å². The molecule has 3 rings (SSSR count). The van der Waals surface area contributed by atoms with Gasteiger partial charge in [0.2, 0.25) is 5.91 Å². The molecular weight excluding hydrogens is 410 g/mol. The standard InChI is InChI=1S/C20H22BrN3O3/c21-17-8-1-2-9-18(17)22-13-19(25)24-15-6-3-5-14(11-15)20(26)23-12-16-7-4-10-27-16/h1-3,5-6,8-9,11,16,22H,4,7,10,12-13H2,(H,23,26)(H,24,25). The molecule has 1 heterocycles. The number of ether oxygens (including phenoxy) is 1. The van der Waals surface area contributed by atoms with E-state index in [9.17, 15) is 9.59 Å². The Morgan fingerprint density at radius 1 is 1.15 bits per heavy atom. The fraction of sp³-hybridized carbons (Fsp3) is 0.300. The molecule has 0 radical (unpaired) electrons. The topological polar surface area (TPSA) is 79.5 Å². The average Bonchev–Trinajstić information content (AvgIpc) is 3.19. The van der Waals surface area contributed by atoms with Gasteiger partial charge < -0.3 is 20.7 Å². The molecule has 0 aliphatic carbocycles. The van der Waals surface area contributed by atoms with Gasteiger partial charge in [0.25, 0.3) is 5.91 Å². The summed E-state index contributed by atoms with van der Waals surface area (Å²) < 4.78 is 6.40. The van der Waals surface area contributed by atoms with E-state index in [4.69, 9.17) is 4.74 Å². The summed E-state index contributed by atoms with van der Waals surface area (Å²) in [7, 11) is 0. The molecule has 2 amide bonds. The van der Waals surface area contributed by atoms with E-state index in [2.05, 4.69) is 31.9 Å². The average molecular weight is 432 g/mol. The summed E-state index contributed by atoms with van der Waals surface area (Å²) in [5.41, 5.74) is 1.93. The second-order valence-corrected chi connectivity index (χ2v) is 7.16. The number of anilines is 2. The van der Waals surface area contributed by atoms with E-state index in [0.717, 1.165) is 29.6 Å². The molecule has 3 N–H and O–H groups in total. The summed E-state index contributed by atoms with van der Waals surface area (Å²) in [6.07, 6.45) is 2.11. The lowest BCUT2D eigenvalue weighted by Crippen LogP contribution is -2.31. The fourth-order valence-electron chi connectivity index (χ4n) is 2.84. The summed E-state index contributed by atoms with van der Waals surface area (Å²) >= 11 is 3.43. The fourth-order valence-corrected chi connectivity index (χ4v) is 3.26. The molecule has 2 aromatic carbocycles. The SMILES string of the molecule is O=C(CNc1ccccc1Br)Nc1cccc(C(=O)NCC2CCCO2)c1. The highest BCUT2D eigenvalue weighted by Crippen LogP contribution is 2.21. The Kier molecular flexibility index (Phi) is 6.84. The number of rotatable bonds is 7. The number of benzene rings is 2. The third kappa shape index (κ3) is 5.80. The van der Waals surface area contributed by atoms with Gasteiger partial charge in [-0.2, -0.15) is 0 Å². The highest BCUT2D eigenvalue weighted by Gasteiger charge is 2.16. The maximum Gasteiger partial charge on any atom is 0.251 e. The second-order valence-electron chi connectivity index (χ2n) is 6.31. The van der Waals surface area contributed by atoms with E-state index < -0.39 is 0 Å². The molecule has 1 aliphatic rings. The summed E-state index contributed by atoms with van der Waals surface area (Å²) in [5, 5.41) is 8.75. The van der Waals surface area contributed by atoms with Gasteiger partial charge >= 0.3 is 0 Å². The molecule has 142 valence electrons. The van der Waals surface area contributed by atoms with Crippen molar-refractivity contribution >= 4 is 39.1 Å². The maximum atomic E-state index is 12.3. The van der Waals surface area contributed by atoms with Crippen molar-refractivity contribution in [1.29, 1.82) is 0 Å². The molecule has 1 atom stereocenters. The summed E-state index contributed by atoms with van der Waals surface area (Å²) in [4.78, 5) is 24.5. The zero-order valence-electron chi connectivity index (χ0n) is 14.8. The van der Waals surface area contributed by atoms with E-state index in [-0.39, 0.29) is 24.5 Å². The highest BCUT2D eigenvalue weighted by molar-refractivity contribution is 9.10. The normalized spacial score (nSPS) is 16.0. The van der Waals surface area contributed by atoms with Crippen molar-refractivity contribution in [3.8, 4) is 0 Å². The Labute approximate surface area is 166 Å². The number of para-hydroxylation sites is 1. The van der Waals surface area contributed by atoms with Gasteiger partial charge in [-0.1, -0.05) is 18.2 Å². The number of hydrogen-bond donors (Lipinski definition) is 3. The van der Waals surface area contributed by atoms with Crippen LogP contribution in [-0.4, -0.2) is 37.6 Å². The second kappa shape index (κ2) is 9.53. The number of carbonyl (C=O) groups excluding carboxylic acids is 2. The zero-order chi connectivity index (χ0) is 19.1. The van der Waals surface area contributed by atoms with Gasteiger partial charge in [0.05, 0.1) is 12.6 Å². The largest absolute Gasteiger partial charge is 0.376 e. The number of hydrogen-bond acceptors (Lipinski definition) is 4. The quantitative estimate of drug-likeness (QED) is 0.627. The first-order valence-electron chi connectivity index (χ1n) is 8.90. The van der Waals surface area contributed by atoms with Crippen LogP contribution < -0.4 is 16.0 Å². The predicted molar refractivity (Wildman–Crippen MR) is 109 cm³/mol. The Morgan fingerprint density at radius 2 is 2.00 bits per heavy atom. The van der Waals surface area contributed by atoms with E-state index in [1.807, 2.05) is 24.3 Å². The minimum absolute atomic E-state index is 0.0974. The Bertz CT molecular complexity index is 807. The first-order chi connectivity index (χ1) is 13.1. The number of nitrogens with one attached hydrogen (secondary N) is 3. The zero-order valence-corrected chi connectivity index (χ0v) is 16.4. The molecule has 6 nitrogen and oxygen atoms in total. The van der Waals surface area contributed by atoms with Crippen molar-refractivity contribution < 1.29 is 14.3 Å². The lowest BCUT2D eigenvalue weighted by atomic mass is 10.1. The van der Waals surface area contributed by atoms with Crippen LogP contribution in [0.1, 0.15) is 23.2 Å². The van der Waals surface area contributed by atoms with Gasteiger partial charge in [-0.3, -0.25) is 9.59 Å². The summed E-state index contributed by atoms with van der Waals surface area (Å²) in [5.74, 6) is -0.365. The van der Waals surface area contributed by atoms with Crippen LogP contribution in [-0.2, 0) is 9.53 Å². The van der Waals surface area contributed by atoms with Gasteiger partial charge in [0, 0.05) is 34.6 Å². The van der Waals surface area contributed by atoms with Gasteiger partial charge in [0.15, 0.2) is 0 Å². The van der Waals surface area contributed by atoms with Crippen molar-refractivity contribution in [3.63, 3.8) is 0 Å². The number of amides is 2. The lowest BCUT2D eigenvalue weighted by molar-refractivity contribution is -0.114. The van der Waals surface area contributed by atoms with Crippen LogP contribution in [0.2, 0.25) is 0 Å². The molecule has 0 saturated carbocycles. The molecule has 27 heavy (non-hydrogen) atoms. The van der Waals surface area contributed by atoms with Crippen LogP contribution in [0.5, 0.6) is 0 Å². The Morgan fingerprint density at radius 3 is 2.78 bits per heavy atom. The van der Waals surface area contributed by atoms with E-state index in [0.29, 0.717) is 17.8 Å². The van der Waals surface area contributed by atoms with E-state index >= 15 is 0 Å². The molecular formula is C20H22BrN3O3. The monoisotopic (exact) mass is 431 g/mol. The highest BCUT2D eigenvalue weighted by atomic mass is 79.9. The minimum Gasteiger partial charge on any atom is -0.376 e. The van der Waals surface area contributed by atoms with Gasteiger partial charge in [-0.25, -0.2) is 0 Å². The molecule has 0 bridgehead atoms. The minimum atomic E-state index is -0.192. The van der Waals surface area contributed by atoms with Crippen molar-refractivity contribution in [2.45, 2.75) is 18.9 Å². The summed E-state index contributed by atoms with van der Waals surface area (Å²) in [6.45, 7) is 1.39. The molecule has 1 aliphatic heterocycles. The van der Waals surface area contributed by atoms with E-state index in [1.165, 1.54) is 0 Å². The number of halogens is 1. The maximum absolute atomic E-state index is 12.3. The Hall–Kier alpha value is -2.38. The first-order valence-corrected chi connectivity index (χ1v) is 9.69. The van der Waals surface area contributed by atoms with Crippen molar-refractivity contribution in [3.05, 3.63) is 58.6 Å². The van der Waals surface area contributed by atoms with Crippen LogP contribution in [0.3, 0.4) is 0 Å². The third-order valence-corrected chi connectivity index (χ3v) is 4.93. The molecule has 0 aromatic heterocycles.